The molecule has 0 fully saturated rings. The standard InChI is InChI=1S/C15H21BrFNO/c1-15(2,3)13(14(19)18(4)5)11-7-6-10(9-16)8-12(11)17/h6-8,13H,9H2,1-5H3. The normalized spacial score (nSPS) is 13.2. The zero-order valence-corrected chi connectivity index (χ0v) is 13.7. The van der Waals surface area contributed by atoms with Gasteiger partial charge in [-0.1, -0.05) is 48.8 Å². The van der Waals surface area contributed by atoms with Crippen LogP contribution >= 0.6 is 15.9 Å². The highest BCUT2D eigenvalue weighted by Gasteiger charge is 2.35. The summed E-state index contributed by atoms with van der Waals surface area (Å²) >= 11 is 3.30. The van der Waals surface area contributed by atoms with Crippen LogP contribution in [0.15, 0.2) is 18.2 Å². The molecule has 4 heteroatoms. The van der Waals surface area contributed by atoms with Crippen LogP contribution in [0.25, 0.3) is 0 Å². The van der Waals surface area contributed by atoms with Crippen molar-refractivity contribution >= 4 is 21.8 Å². The Hall–Kier alpha value is -0.900. The van der Waals surface area contributed by atoms with E-state index in [1.807, 2.05) is 26.8 Å². The van der Waals surface area contributed by atoms with Crippen LogP contribution in [0.3, 0.4) is 0 Å². The summed E-state index contributed by atoms with van der Waals surface area (Å²) in [4.78, 5) is 13.9. The lowest BCUT2D eigenvalue weighted by molar-refractivity contribution is -0.132. The fraction of sp³-hybridized carbons (Fsp3) is 0.533. The molecule has 0 aromatic heterocycles. The van der Waals surface area contributed by atoms with Gasteiger partial charge in [-0.2, -0.15) is 0 Å². The third-order valence-electron chi connectivity index (χ3n) is 3.08. The summed E-state index contributed by atoms with van der Waals surface area (Å²) in [7, 11) is 3.40. The number of benzene rings is 1. The molecule has 0 heterocycles. The van der Waals surface area contributed by atoms with Crippen molar-refractivity contribution in [1.82, 2.24) is 4.90 Å². The molecule has 0 saturated heterocycles. The van der Waals surface area contributed by atoms with Crippen LogP contribution in [0.5, 0.6) is 0 Å². The third-order valence-corrected chi connectivity index (χ3v) is 3.73. The Morgan fingerprint density at radius 1 is 1.37 bits per heavy atom. The van der Waals surface area contributed by atoms with E-state index in [1.165, 1.54) is 11.0 Å². The lowest BCUT2D eigenvalue weighted by Crippen LogP contribution is -2.36. The van der Waals surface area contributed by atoms with E-state index in [9.17, 15) is 9.18 Å². The van der Waals surface area contributed by atoms with Crippen LogP contribution < -0.4 is 0 Å². The SMILES string of the molecule is CN(C)C(=O)C(c1ccc(CBr)cc1F)C(C)(C)C. The molecule has 106 valence electrons. The van der Waals surface area contributed by atoms with Crippen molar-refractivity contribution in [2.45, 2.75) is 32.0 Å². The van der Waals surface area contributed by atoms with Crippen LogP contribution in [0.2, 0.25) is 0 Å². The zero-order chi connectivity index (χ0) is 14.8. The first-order valence-corrected chi connectivity index (χ1v) is 7.36. The van der Waals surface area contributed by atoms with E-state index < -0.39 is 5.92 Å². The highest BCUT2D eigenvalue weighted by atomic mass is 79.9. The minimum Gasteiger partial charge on any atom is -0.348 e. The number of hydrogen-bond donors (Lipinski definition) is 0. The molecule has 1 rings (SSSR count). The Kier molecular flexibility index (Phi) is 5.13. The molecule has 0 aliphatic carbocycles. The summed E-state index contributed by atoms with van der Waals surface area (Å²) in [5.74, 6) is -0.864. The summed E-state index contributed by atoms with van der Waals surface area (Å²) in [5.41, 5.74) is 1.00. The van der Waals surface area contributed by atoms with Crippen LogP contribution in [0.1, 0.15) is 37.8 Å². The minimum atomic E-state index is -0.480. The van der Waals surface area contributed by atoms with E-state index in [0.717, 1.165) is 5.56 Å². The molecule has 1 amide bonds. The molecular formula is C15H21BrFNO. The van der Waals surface area contributed by atoms with Gasteiger partial charge in [-0.3, -0.25) is 4.79 Å². The van der Waals surface area contributed by atoms with Crippen molar-refractivity contribution in [3.8, 4) is 0 Å². The molecule has 0 spiro atoms. The maximum Gasteiger partial charge on any atom is 0.230 e. The highest BCUT2D eigenvalue weighted by Crippen LogP contribution is 2.37. The van der Waals surface area contributed by atoms with Crippen LogP contribution in [0.4, 0.5) is 4.39 Å². The van der Waals surface area contributed by atoms with E-state index >= 15 is 0 Å². The van der Waals surface area contributed by atoms with E-state index in [-0.39, 0.29) is 17.1 Å². The first-order valence-electron chi connectivity index (χ1n) is 6.24. The molecule has 0 bridgehead atoms. The van der Waals surface area contributed by atoms with E-state index in [4.69, 9.17) is 0 Å². The van der Waals surface area contributed by atoms with Gasteiger partial charge in [0.2, 0.25) is 5.91 Å². The Morgan fingerprint density at radius 3 is 2.32 bits per heavy atom. The number of hydrogen-bond acceptors (Lipinski definition) is 1. The second-order valence-electron chi connectivity index (χ2n) is 6.02. The van der Waals surface area contributed by atoms with Gasteiger partial charge in [-0.15, -0.1) is 0 Å². The number of rotatable bonds is 3. The van der Waals surface area contributed by atoms with E-state index in [1.54, 1.807) is 20.2 Å². The van der Waals surface area contributed by atoms with Gasteiger partial charge >= 0.3 is 0 Å². The zero-order valence-electron chi connectivity index (χ0n) is 12.1. The van der Waals surface area contributed by atoms with Gasteiger partial charge in [0, 0.05) is 25.0 Å². The van der Waals surface area contributed by atoms with Crippen LogP contribution in [-0.4, -0.2) is 24.9 Å². The monoisotopic (exact) mass is 329 g/mol. The van der Waals surface area contributed by atoms with Crippen molar-refractivity contribution in [2.24, 2.45) is 5.41 Å². The third kappa shape index (κ3) is 3.78. The first-order chi connectivity index (χ1) is 8.68. The first kappa shape index (κ1) is 16.2. The van der Waals surface area contributed by atoms with E-state index in [0.29, 0.717) is 10.9 Å². The van der Waals surface area contributed by atoms with Crippen molar-refractivity contribution < 1.29 is 9.18 Å². The Labute approximate surface area is 123 Å². The fourth-order valence-electron chi connectivity index (χ4n) is 2.12. The van der Waals surface area contributed by atoms with Gasteiger partial charge in [0.1, 0.15) is 5.82 Å². The summed E-state index contributed by atoms with van der Waals surface area (Å²) in [5, 5.41) is 0.603. The summed E-state index contributed by atoms with van der Waals surface area (Å²) in [6, 6.07) is 5.07. The number of carbonyl (C=O) groups is 1. The second-order valence-corrected chi connectivity index (χ2v) is 6.58. The predicted octanol–water partition coefficient (Wildman–Crippen LogP) is 3.94. The Bertz CT molecular complexity index is 466. The Balaban J connectivity index is 3.30. The average Bonchev–Trinajstić information content (AvgIpc) is 2.29. The van der Waals surface area contributed by atoms with Crippen LogP contribution in [-0.2, 0) is 10.1 Å². The van der Waals surface area contributed by atoms with Crippen molar-refractivity contribution in [3.63, 3.8) is 0 Å². The van der Waals surface area contributed by atoms with Gasteiger partial charge in [0.15, 0.2) is 0 Å². The molecule has 0 radical (unpaired) electrons. The largest absolute Gasteiger partial charge is 0.348 e. The van der Waals surface area contributed by atoms with Gasteiger partial charge in [0.25, 0.3) is 0 Å². The number of halogens is 2. The molecule has 1 unspecified atom stereocenters. The molecule has 0 N–H and O–H groups in total. The van der Waals surface area contributed by atoms with Gasteiger partial charge < -0.3 is 4.90 Å². The van der Waals surface area contributed by atoms with Crippen molar-refractivity contribution in [3.05, 3.63) is 35.1 Å². The molecule has 0 aliphatic heterocycles. The van der Waals surface area contributed by atoms with Crippen LogP contribution in [0, 0.1) is 11.2 Å². The quantitative estimate of drug-likeness (QED) is 0.769. The topological polar surface area (TPSA) is 20.3 Å². The number of likely N-dealkylation sites (N-methyl/N-ethyl adjacent to an activating group) is 1. The smallest absolute Gasteiger partial charge is 0.230 e. The van der Waals surface area contributed by atoms with E-state index in [2.05, 4.69) is 15.9 Å². The summed E-state index contributed by atoms with van der Waals surface area (Å²) in [6.07, 6.45) is 0. The second kappa shape index (κ2) is 6.04. The fourth-order valence-corrected chi connectivity index (χ4v) is 2.46. The summed E-state index contributed by atoms with van der Waals surface area (Å²) < 4.78 is 14.2. The molecule has 2 nitrogen and oxygen atoms in total. The Morgan fingerprint density at radius 2 is 1.95 bits per heavy atom. The molecular weight excluding hydrogens is 309 g/mol. The molecule has 19 heavy (non-hydrogen) atoms. The average molecular weight is 330 g/mol. The number of carbonyl (C=O) groups excluding carboxylic acids is 1. The predicted molar refractivity (Wildman–Crippen MR) is 79.9 cm³/mol. The highest BCUT2D eigenvalue weighted by molar-refractivity contribution is 9.08. The number of amides is 1. The lowest BCUT2D eigenvalue weighted by Gasteiger charge is -2.32. The van der Waals surface area contributed by atoms with Gasteiger partial charge in [-0.05, 0) is 17.0 Å². The number of nitrogens with zero attached hydrogens (tertiary/aromatic N) is 1. The molecule has 1 aromatic rings. The van der Waals surface area contributed by atoms with Gasteiger partial charge in [0.05, 0.1) is 5.92 Å². The molecule has 0 saturated carbocycles. The minimum absolute atomic E-state index is 0.0713. The van der Waals surface area contributed by atoms with Gasteiger partial charge in [-0.25, -0.2) is 4.39 Å². The summed E-state index contributed by atoms with van der Waals surface area (Å²) in [6.45, 7) is 5.87. The lowest BCUT2D eigenvalue weighted by atomic mass is 9.75. The van der Waals surface area contributed by atoms with Crippen molar-refractivity contribution in [1.29, 1.82) is 0 Å². The number of alkyl halides is 1. The molecule has 0 aliphatic rings. The molecule has 1 atom stereocenters. The maximum absolute atomic E-state index is 14.2. The maximum atomic E-state index is 14.2. The van der Waals surface area contributed by atoms with Crippen molar-refractivity contribution in [2.75, 3.05) is 14.1 Å². The molecule has 1 aromatic carbocycles.